The lowest BCUT2D eigenvalue weighted by Gasteiger charge is -2.37. The molecule has 1 aliphatic rings. The van der Waals surface area contributed by atoms with Crippen LogP contribution in [0.2, 0.25) is 0 Å². The lowest BCUT2D eigenvalue weighted by atomic mass is 10.1. The second-order valence-corrected chi connectivity index (χ2v) is 6.43. The van der Waals surface area contributed by atoms with Crippen LogP contribution in [-0.2, 0) is 11.2 Å². The monoisotopic (exact) mass is 324 g/mol. The number of hydrogen-bond donors (Lipinski definition) is 1. The van der Waals surface area contributed by atoms with E-state index < -0.39 is 0 Å². The Bertz CT molecular complexity index is 717. The van der Waals surface area contributed by atoms with Crippen molar-refractivity contribution in [1.29, 1.82) is 0 Å². The number of carbonyl (C=O) groups is 1. The van der Waals surface area contributed by atoms with Crippen molar-refractivity contribution < 1.29 is 9.90 Å². The van der Waals surface area contributed by atoms with Crippen LogP contribution in [0.5, 0.6) is 5.75 Å². The summed E-state index contributed by atoms with van der Waals surface area (Å²) in [6.45, 7) is 7.54. The summed E-state index contributed by atoms with van der Waals surface area (Å²) >= 11 is 0. The van der Waals surface area contributed by atoms with Crippen molar-refractivity contribution in [2.45, 2.75) is 20.3 Å². The van der Waals surface area contributed by atoms with Gasteiger partial charge in [0.05, 0.1) is 6.42 Å². The first-order valence-corrected chi connectivity index (χ1v) is 8.41. The normalized spacial score (nSPS) is 14.8. The topological polar surface area (TPSA) is 43.8 Å². The fraction of sp³-hybridized carbons (Fsp3) is 0.350. The van der Waals surface area contributed by atoms with E-state index in [1.54, 1.807) is 24.3 Å². The summed E-state index contributed by atoms with van der Waals surface area (Å²) in [6, 6.07) is 13.3. The molecule has 0 aromatic heterocycles. The molecule has 1 fully saturated rings. The number of aryl methyl sites for hydroxylation is 1. The van der Waals surface area contributed by atoms with Gasteiger partial charge in [-0.3, -0.25) is 4.79 Å². The van der Waals surface area contributed by atoms with E-state index in [0.717, 1.165) is 31.7 Å². The summed E-state index contributed by atoms with van der Waals surface area (Å²) in [5.74, 6) is 0.384. The lowest BCUT2D eigenvalue weighted by molar-refractivity contribution is -0.130. The molecule has 2 aromatic rings. The molecule has 0 unspecified atom stereocenters. The standard InChI is InChI=1S/C20H24N2O2/c1-15-4-3-5-19(16(15)2)21-10-12-22(13-11-21)20(24)14-17-6-8-18(23)9-7-17/h3-9,23H,10-14H2,1-2H3. The van der Waals surface area contributed by atoms with Crippen molar-refractivity contribution in [2.75, 3.05) is 31.1 Å². The highest BCUT2D eigenvalue weighted by Gasteiger charge is 2.22. The number of amides is 1. The molecule has 1 amide bonds. The number of aromatic hydroxyl groups is 1. The lowest BCUT2D eigenvalue weighted by Crippen LogP contribution is -2.49. The van der Waals surface area contributed by atoms with Crippen LogP contribution in [0.15, 0.2) is 42.5 Å². The Labute approximate surface area is 143 Å². The van der Waals surface area contributed by atoms with Gasteiger partial charge in [-0.1, -0.05) is 24.3 Å². The highest BCUT2D eigenvalue weighted by Crippen LogP contribution is 2.24. The van der Waals surface area contributed by atoms with Crippen molar-refractivity contribution in [3.8, 4) is 5.75 Å². The molecule has 3 rings (SSSR count). The van der Waals surface area contributed by atoms with Crippen LogP contribution < -0.4 is 4.90 Å². The fourth-order valence-corrected chi connectivity index (χ4v) is 3.18. The zero-order valence-electron chi connectivity index (χ0n) is 14.3. The van der Waals surface area contributed by atoms with E-state index in [2.05, 4.69) is 36.9 Å². The maximum absolute atomic E-state index is 12.5. The van der Waals surface area contributed by atoms with Crippen molar-refractivity contribution in [3.05, 3.63) is 59.2 Å². The van der Waals surface area contributed by atoms with E-state index in [1.165, 1.54) is 16.8 Å². The quantitative estimate of drug-likeness (QED) is 0.944. The smallest absolute Gasteiger partial charge is 0.227 e. The molecular formula is C20H24N2O2. The van der Waals surface area contributed by atoms with Crippen LogP contribution in [0.4, 0.5) is 5.69 Å². The Morgan fingerprint density at radius 3 is 2.33 bits per heavy atom. The largest absolute Gasteiger partial charge is 0.508 e. The molecule has 1 aliphatic heterocycles. The highest BCUT2D eigenvalue weighted by atomic mass is 16.3. The van der Waals surface area contributed by atoms with Crippen molar-refractivity contribution >= 4 is 11.6 Å². The molecule has 0 atom stereocenters. The zero-order chi connectivity index (χ0) is 17.1. The fourth-order valence-electron chi connectivity index (χ4n) is 3.18. The molecule has 0 saturated carbocycles. The summed E-state index contributed by atoms with van der Waals surface area (Å²) in [7, 11) is 0. The number of carbonyl (C=O) groups excluding carboxylic acids is 1. The Kier molecular flexibility index (Phi) is 4.74. The van der Waals surface area contributed by atoms with Gasteiger partial charge in [-0.15, -0.1) is 0 Å². The van der Waals surface area contributed by atoms with Crippen LogP contribution in [0.3, 0.4) is 0 Å². The third-order valence-corrected chi connectivity index (χ3v) is 4.84. The summed E-state index contributed by atoms with van der Waals surface area (Å²) in [5, 5.41) is 9.32. The number of benzene rings is 2. The Hall–Kier alpha value is -2.49. The van der Waals surface area contributed by atoms with Crippen LogP contribution >= 0.6 is 0 Å². The van der Waals surface area contributed by atoms with E-state index in [0.29, 0.717) is 6.42 Å². The third-order valence-electron chi connectivity index (χ3n) is 4.84. The van der Waals surface area contributed by atoms with Gasteiger partial charge in [0.15, 0.2) is 0 Å². The Morgan fingerprint density at radius 2 is 1.67 bits per heavy atom. The van der Waals surface area contributed by atoms with E-state index in [-0.39, 0.29) is 11.7 Å². The molecule has 2 aromatic carbocycles. The maximum atomic E-state index is 12.5. The molecule has 4 nitrogen and oxygen atoms in total. The van der Waals surface area contributed by atoms with Gasteiger partial charge in [0.2, 0.25) is 5.91 Å². The average molecular weight is 324 g/mol. The SMILES string of the molecule is Cc1cccc(N2CCN(C(=O)Cc3ccc(O)cc3)CC2)c1C. The average Bonchev–Trinajstić information content (AvgIpc) is 2.59. The number of phenols is 1. The van der Waals surface area contributed by atoms with Gasteiger partial charge in [-0.2, -0.15) is 0 Å². The first-order valence-electron chi connectivity index (χ1n) is 8.41. The minimum Gasteiger partial charge on any atom is -0.508 e. The minimum atomic E-state index is 0.154. The number of rotatable bonds is 3. The Morgan fingerprint density at radius 1 is 1.00 bits per heavy atom. The molecule has 4 heteroatoms. The zero-order valence-corrected chi connectivity index (χ0v) is 14.3. The van der Waals surface area contributed by atoms with Crippen LogP contribution in [0.25, 0.3) is 0 Å². The molecule has 126 valence electrons. The number of nitrogens with zero attached hydrogens (tertiary/aromatic N) is 2. The van der Waals surface area contributed by atoms with Gasteiger partial charge in [-0.05, 0) is 48.7 Å². The van der Waals surface area contributed by atoms with E-state index in [1.807, 2.05) is 4.90 Å². The van der Waals surface area contributed by atoms with E-state index in [9.17, 15) is 9.90 Å². The van der Waals surface area contributed by atoms with Crippen molar-refractivity contribution in [3.63, 3.8) is 0 Å². The van der Waals surface area contributed by atoms with Gasteiger partial charge in [0.1, 0.15) is 5.75 Å². The molecule has 24 heavy (non-hydrogen) atoms. The van der Waals surface area contributed by atoms with Crippen molar-refractivity contribution in [1.82, 2.24) is 4.90 Å². The third kappa shape index (κ3) is 3.53. The Balaban J connectivity index is 1.59. The summed E-state index contributed by atoms with van der Waals surface area (Å²) in [6.07, 6.45) is 0.393. The first-order chi connectivity index (χ1) is 11.5. The molecule has 1 heterocycles. The van der Waals surface area contributed by atoms with Gasteiger partial charge >= 0.3 is 0 Å². The number of phenolic OH excluding ortho intramolecular Hbond substituents is 1. The maximum Gasteiger partial charge on any atom is 0.227 e. The molecular weight excluding hydrogens is 300 g/mol. The molecule has 0 spiro atoms. The first kappa shape index (κ1) is 16.4. The molecule has 1 saturated heterocycles. The second-order valence-electron chi connectivity index (χ2n) is 6.43. The number of anilines is 1. The van der Waals surface area contributed by atoms with Gasteiger partial charge in [-0.25, -0.2) is 0 Å². The summed E-state index contributed by atoms with van der Waals surface area (Å²) in [4.78, 5) is 16.8. The van der Waals surface area contributed by atoms with Crippen LogP contribution in [0, 0.1) is 13.8 Å². The summed E-state index contributed by atoms with van der Waals surface area (Å²) < 4.78 is 0. The van der Waals surface area contributed by atoms with Crippen LogP contribution in [0.1, 0.15) is 16.7 Å². The molecule has 0 radical (unpaired) electrons. The van der Waals surface area contributed by atoms with E-state index >= 15 is 0 Å². The minimum absolute atomic E-state index is 0.154. The highest BCUT2D eigenvalue weighted by molar-refractivity contribution is 5.79. The van der Waals surface area contributed by atoms with Crippen molar-refractivity contribution in [2.24, 2.45) is 0 Å². The van der Waals surface area contributed by atoms with Gasteiger partial charge in [0.25, 0.3) is 0 Å². The second kappa shape index (κ2) is 6.95. The van der Waals surface area contributed by atoms with Gasteiger partial charge < -0.3 is 14.9 Å². The van der Waals surface area contributed by atoms with Crippen LogP contribution in [-0.4, -0.2) is 42.1 Å². The predicted molar refractivity (Wildman–Crippen MR) is 96.5 cm³/mol. The number of piperazine rings is 1. The summed E-state index contributed by atoms with van der Waals surface area (Å²) in [5.41, 5.74) is 4.84. The van der Waals surface area contributed by atoms with E-state index in [4.69, 9.17) is 0 Å². The predicted octanol–water partition coefficient (Wildman–Crippen LogP) is 2.90. The molecule has 0 bridgehead atoms. The number of hydrogen-bond acceptors (Lipinski definition) is 3. The molecule has 1 N–H and O–H groups in total. The van der Waals surface area contributed by atoms with Gasteiger partial charge in [0, 0.05) is 31.9 Å². The molecule has 0 aliphatic carbocycles.